The highest BCUT2D eigenvalue weighted by atomic mass is 19.4. The van der Waals surface area contributed by atoms with Gasteiger partial charge in [-0.25, -0.2) is 14.3 Å². The van der Waals surface area contributed by atoms with Crippen LogP contribution in [0.15, 0.2) is 47.5 Å². The van der Waals surface area contributed by atoms with Gasteiger partial charge >= 0.3 is 11.9 Å². The minimum absolute atomic E-state index is 0.0605. The number of nitrogens with one attached hydrogen (secondary N) is 1. The number of hydrogen-bond donors (Lipinski definition) is 1. The first-order chi connectivity index (χ1) is 23.5. The molecule has 1 aliphatic carbocycles. The molecule has 3 saturated heterocycles. The van der Waals surface area contributed by atoms with Crippen LogP contribution in [0.2, 0.25) is 0 Å². The zero-order chi connectivity index (χ0) is 34.4. The Morgan fingerprint density at radius 1 is 1.04 bits per heavy atom. The molecule has 49 heavy (non-hydrogen) atoms. The number of rotatable bonds is 8. The minimum atomic E-state index is -4.59. The number of piperidine rings is 1. The number of methoxy groups -OCH3 is 1. The smallest absolute Gasteiger partial charge is 0.378 e. The average molecular weight is 684 g/mol. The van der Waals surface area contributed by atoms with Gasteiger partial charge in [0.1, 0.15) is 6.17 Å². The third kappa shape index (κ3) is 7.38. The molecule has 1 spiro atoms. The molecular formula is C38H54F3N6O2+. The number of pyridine rings is 1. The SMILES string of the molecule is COC1(C[C@@H](c2cccc(-n3cc4c(C(F)(F)F)cc(CN5CCC[C@H](C)C5)cn4c3=O)c2)C2N[N+]3(CCCCCCCC3)CN2C)CC1. The average Bonchev–Trinajstić information content (AvgIpc) is 3.64. The lowest BCUT2D eigenvalue weighted by Gasteiger charge is -2.34. The Hall–Kier alpha value is -2.70. The predicted molar refractivity (Wildman–Crippen MR) is 185 cm³/mol. The molecule has 3 aromatic rings. The van der Waals surface area contributed by atoms with E-state index in [9.17, 15) is 18.0 Å². The minimum Gasteiger partial charge on any atom is -0.378 e. The van der Waals surface area contributed by atoms with Crippen LogP contribution in [-0.2, 0) is 17.5 Å². The molecule has 7 rings (SSSR count). The van der Waals surface area contributed by atoms with Crippen LogP contribution in [-0.4, -0.2) is 82.1 Å². The van der Waals surface area contributed by atoms with E-state index in [1.54, 1.807) is 13.3 Å². The molecule has 3 atom stereocenters. The Labute approximate surface area is 288 Å². The Kier molecular flexibility index (Phi) is 9.77. The van der Waals surface area contributed by atoms with Crippen molar-refractivity contribution in [3.8, 4) is 5.69 Å². The molecule has 4 fully saturated rings. The van der Waals surface area contributed by atoms with Crippen molar-refractivity contribution in [1.29, 1.82) is 0 Å². The molecule has 4 aliphatic rings. The summed E-state index contributed by atoms with van der Waals surface area (Å²) in [5, 5.41) is 0. The van der Waals surface area contributed by atoms with Crippen LogP contribution in [0.3, 0.4) is 0 Å². The summed E-state index contributed by atoms with van der Waals surface area (Å²) >= 11 is 0. The van der Waals surface area contributed by atoms with E-state index in [4.69, 9.17) is 4.74 Å². The van der Waals surface area contributed by atoms with E-state index in [1.807, 2.05) is 18.2 Å². The fraction of sp³-hybridized carbons (Fsp3) is 0.658. The second-order valence-electron chi connectivity index (χ2n) is 15.8. The molecule has 2 aromatic heterocycles. The first-order valence-corrected chi connectivity index (χ1v) is 18.5. The number of nitrogens with zero attached hydrogens (tertiary/aromatic N) is 5. The summed E-state index contributed by atoms with van der Waals surface area (Å²) in [6, 6.07) is 9.12. The van der Waals surface area contributed by atoms with E-state index in [1.165, 1.54) is 59.8 Å². The van der Waals surface area contributed by atoms with Gasteiger partial charge in [0.15, 0.2) is 6.67 Å². The van der Waals surface area contributed by atoms with Crippen molar-refractivity contribution in [2.24, 2.45) is 5.92 Å². The zero-order valence-electron chi connectivity index (χ0n) is 29.5. The molecule has 0 bridgehead atoms. The van der Waals surface area contributed by atoms with Gasteiger partial charge in [-0.15, -0.1) is 5.43 Å². The summed E-state index contributed by atoms with van der Waals surface area (Å²) in [6.45, 7) is 7.41. The third-order valence-corrected chi connectivity index (χ3v) is 11.9. The number of quaternary nitrogens is 1. The molecule has 268 valence electrons. The number of halogens is 3. The van der Waals surface area contributed by atoms with Gasteiger partial charge in [0.2, 0.25) is 0 Å². The van der Waals surface area contributed by atoms with Crippen LogP contribution >= 0.6 is 0 Å². The summed E-state index contributed by atoms with van der Waals surface area (Å²) in [6.07, 6.45) is 11.0. The fourth-order valence-corrected chi connectivity index (χ4v) is 9.03. The molecule has 11 heteroatoms. The number of alkyl halides is 3. The molecule has 0 amide bonds. The fourth-order valence-electron chi connectivity index (χ4n) is 9.03. The Bertz CT molecular complexity index is 1670. The van der Waals surface area contributed by atoms with Crippen LogP contribution in [0.5, 0.6) is 0 Å². The highest BCUT2D eigenvalue weighted by Crippen LogP contribution is 2.48. The summed E-state index contributed by atoms with van der Waals surface area (Å²) in [4.78, 5) is 18.6. The normalized spacial score (nSPS) is 25.7. The molecule has 1 aromatic carbocycles. The maximum absolute atomic E-state index is 14.5. The number of likely N-dealkylation sites (tertiary alicyclic amines) is 1. The maximum Gasteiger partial charge on any atom is 0.418 e. The van der Waals surface area contributed by atoms with Crippen LogP contribution in [0.25, 0.3) is 11.2 Å². The third-order valence-electron chi connectivity index (χ3n) is 11.9. The van der Waals surface area contributed by atoms with Gasteiger partial charge in [0, 0.05) is 38.5 Å². The second kappa shape index (κ2) is 13.8. The lowest BCUT2D eigenvalue weighted by Crippen LogP contribution is -2.57. The number of benzene rings is 1. The van der Waals surface area contributed by atoms with Crippen LogP contribution in [0.4, 0.5) is 13.2 Å². The lowest BCUT2D eigenvalue weighted by atomic mass is 9.88. The highest BCUT2D eigenvalue weighted by molar-refractivity contribution is 5.58. The zero-order valence-corrected chi connectivity index (χ0v) is 29.5. The molecule has 0 radical (unpaired) electrons. The number of likely N-dealkylation sites (N-methyl/N-ethyl adjacent to an activating group) is 1. The maximum atomic E-state index is 14.5. The van der Waals surface area contributed by atoms with Crippen LogP contribution < -0.4 is 11.1 Å². The number of aromatic nitrogens is 2. The van der Waals surface area contributed by atoms with Crippen molar-refractivity contribution in [2.75, 3.05) is 47.0 Å². The molecular weight excluding hydrogens is 629 g/mol. The largest absolute Gasteiger partial charge is 0.418 e. The van der Waals surface area contributed by atoms with E-state index in [2.05, 4.69) is 35.3 Å². The highest BCUT2D eigenvalue weighted by Gasteiger charge is 2.51. The van der Waals surface area contributed by atoms with Crippen molar-refractivity contribution in [3.63, 3.8) is 0 Å². The van der Waals surface area contributed by atoms with E-state index < -0.39 is 17.4 Å². The lowest BCUT2D eigenvalue weighted by molar-refractivity contribution is -0.962. The summed E-state index contributed by atoms with van der Waals surface area (Å²) in [5.74, 6) is 0.567. The van der Waals surface area contributed by atoms with Gasteiger partial charge < -0.3 is 4.74 Å². The molecule has 1 unspecified atom stereocenters. The summed E-state index contributed by atoms with van der Waals surface area (Å²) < 4.78 is 53.1. The van der Waals surface area contributed by atoms with Gasteiger partial charge in [-0.2, -0.15) is 13.2 Å². The van der Waals surface area contributed by atoms with E-state index in [0.29, 0.717) is 23.7 Å². The standard InChI is InChI=1S/C38H54F3N6O2/c1-28-12-11-17-44(23-28)24-29-20-33(38(39,40)41)34-26-45(36(48)46(34)25-29)31-14-10-13-30(21-31)32(22-37(49-3)15-16-37)35-42-47(27-43(35)2)18-8-6-4-5-7-9-19-47/h10,13-14,20-21,25-26,28,32,35,42H,4-9,11-12,15-19,22-24,27H2,1-3H3/q+1/t28-,32-,35?/m0/s1. The van der Waals surface area contributed by atoms with E-state index >= 15 is 0 Å². The molecule has 3 aliphatic heterocycles. The molecule has 5 heterocycles. The second-order valence-corrected chi connectivity index (χ2v) is 15.8. The summed E-state index contributed by atoms with van der Waals surface area (Å²) in [7, 11) is 4.00. The van der Waals surface area contributed by atoms with Crippen LogP contribution in [0, 0.1) is 5.92 Å². The molecule has 1 saturated carbocycles. The Balaban J connectivity index is 1.24. The quantitative estimate of drug-likeness (QED) is 0.262. The van der Waals surface area contributed by atoms with Crippen molar-refractivity contribution in [2.45, 2.75) is 108 Å². The first-order valence-electron chi connectivity index (χ1n) is 18.5. The van der Waals surface area contributed by atoms with E-state index in [-0.39, 0.29) is 23.2 Å². The van der Waals surface area contributed by atoms with Gasteiger partial charge in [-0.1, -0.05) is 31.9 Å². The predicted octanol–water partition coefficient (Wildman–Crippen LogP) is 6.90. The molecule has 8 nitrogen and oxygen atoms in total. The Morgan fingerprint density at radius 2 is 1.78 bits per heavy atom. The van der Waals surface area contributed by atoms with Crippen molar-refractivity contribution in [3.05, 3.63) is 69.9 Å². The monoisotopic (exact) mass is 683 g/mol. The van der Waals surface area contributed by atoms with Gasteiger partial charge in [-0.05, 0) is 107 Å². The van der Waals surface area contributed by atoms with Gasteiger partial charge in [0.05, 0.1) is 35.5 Å². The van der Waals surface area contributed by atoms with Gasteiger partial charge in [0.25, 0.3) is 0 Å². The van der Waals surface area contributed by atoms with Crippen LogP contribution in [0.1, 0.15) is 100 Å². The summed E-state index contributed by atoms with van der Waals surface area (Å²) in [5.41, 5.74) is 4.68. The van der Waals surface area contributed by atoms with Gasteiger partial charge in [-0.3, -0.25) is 13.9 Å². The van der Waals surface area contributed by atoms with E-state index in [0.717, 1.165) is 75.1 Å². The Morgan fingerprint density at radius 3 is 2.45 bits per heavy atom. The topological polar surface area (TPSA) is 54.1 Å². The molecule has 1 N–H and O–H groups in total. The number of fused-ring (bicyclic) bond motifs is 1. The van der Waals surface area contributed by atoms with Crippen molar-refractivity contribution in [1.82, 2.24) is 24.2 Å². The number of ether oxygens (including phenoxy) is 1. The number of imidazole rings is 1. The van der Waals surface area contributed by atoms with Crippen molar-refractivity contribution >= 4 is 5.52 Å². The van der Waals surface area contributed by atoms with Crippen molar-refractivity contribution < 1.29 is 22.5 Å². The number of hydrogen-bond acceptors (Lipinski definition) is 5. The first kappa shape index (κ1) is 34.7.